The summed E-state index contributed by atoms with van der Waals surface area (Å²) in [6.45, 7) is 4.75. The van der Waals surface area contributed by atoms with Crippen LogP contribution in [0.25, 0.3) is 0 Å². The van der Waals surface area contributed by atoms with Crippen LogP contribution in [0.1, 0.15) is 28.4 Å². The van der Waals surface area contributed by atoms with Gasteiger partial charge in [0, 0.05) is 15.6 Å². The Balaban J connectivity index is 3.28. The Bertz CT molecular complexity index is 526. The number of Topliss-reactive ketones (excluding diaryl/α,β-unsaturated/α-hetero) is 1. The summed E-state index contributed by atoms with van der Waals surface area (Å²) in [6, 6.07) is 1.82. The third-order valence-corrected chi connectivity index (χ3v) is 6.47. The quantitative estimate of drug-likeness (QED) is 0.803. The highest BCUT2D eigenvalue weighted by molar-refractivity contribution is 9.10. The molecule has 1 heterocycles. The van der Waals surface area contributed by atoms with E-state index in [1.54, 1.807) is 0 Å². The number of halogens is 1. The molecule has 0 saturated carbocycles. The number of carbonyl (C=O) groups excluding carboxylic acids is 1. The van der Waals surface area contributed by atoms with Crippen molar-refractivity contribution < 1.29 is 13.2 Å². The van der Waals surface area contributed by atoms with Gasteiger partial charge in [0.05, 0.1) is 4.88 Å². The van der Waals surface area contributed by atoms with Crippen molar-refractivity contribution in [2.45, 2.75) is 25.5 Å². The van der Waals surface area contributed by atoms with Gasteiger partial charge in [0.2, 0.25) is 0 Å². The maximum absolute atomic E-state index is 12.1. The van der Waals surface area contributed by atoms with Gasteiger partial charge in [-0.25, -0.2) is 8.42 Å². The van der Waals surface area contributed by atoms with Gasteiger partial charge in [-0.15, -0.1) is 11.3 Å². The first-order valence-corrected chi connectivity index (χ1v) is 8.08. The summed E-state index contributed by atoms with van der Waals surface area (Å²) >= 11 is 4.58. The summed E-state index contributed by atoms with van der Waals surface area (Å²) in [5.74, 6) is -0.361. The molecule has 1 aromatic rings. The number of carbonyl (C=O) groups is 1. The zero-order valence-corrected chi connectivity index (χ0v) is 12.7. The second kappa shape index (κ2) is 4.23. The maximum Gasteiger partial charge on any atom is 0.194 e. The molecule has 0 aliphatic rings. The van der Waals surface area contributed by atoms with E-state index in [0.29, 0.717) is 9.35 Å². The van der Waals surface area contributed by atoms with Gasteiger partial charge in [-0.2, -0.15) is 0 Å². The van der Waals surface area contributed by atoms with Gasteiger partial charge in [0.15, 0.2) is 15.6 Å². The minimum atomic E-state index is -3.42. The lowest BCUT2D eigenvalue weighted by molar-refractivity contribution is 0.0957. The fraction of sp³-hybridized carbons (Fsp3) is 0.500. The summed E-state index contributed by atoms with van der Waals surface area (Å²) < 4.78 is 22.4. The molecule has 0 N–H and O–H groups in total. The normalized spacial score (nSPS) is 12.8. The highest BCUT2D eigenvalue weighted by atomic mass is 79.9. The summed E-state index contributed by atoms with van der Waals surface area (Å²) in [7, 11) is -3.42. The van der Waals surface area contributed by atoms with Crippen molar-refractivity contribution in [1.82, 2.24) is 0 Å². The van der Waals surface area contributed by atoms with Crippen molar-refractivity contribution in [2.75, 3.05) is 6.26 Å². The number of thiophene rings is 1. The monoisotopic (exact) mass is 324 g/mol. The molecule has 0 unspecified atom stereocenters. The van der Waals surface area contributed by atoms with Gasteiger partial charge in [0.25, 0.3) is 0 Å². The van der Waals surface area contributed by atoms with E-state index >= 15 is 0 Å². The van der Waals surface area contributed by atoms with Crippen molar-refractivity contribution in [3.8, 4) is 0 Å². The van der Waals surface area contributed by atoms with Crippen LogP contribution >= 0.6 is 27.3 Å². The molecule has 0 aliphatic heterocycles. The van der Waals surface area contributed by atoms with Crippen molar-refractivity contribution >= 4 is 42.9 Å². The Morgan fingerprint density at radius 2 is 1.94 bits per heavy atom. The fourth-order valence-electron chi connectivity index (χ4n) is 1.08. The molecular formula is C10H13BrO3S2. The van der Waals surface area contributed by atoms with E-state index in [2.05, 4.69) is 15.9 Å². The first-order valence-electron chi connectivity index (χ1n) is 4.57. The number of sulfone groups is 1. The number of hydrogen-bond donors (Lipinski definition) is 0. The van der Waals surface area contributed by atoms with Gasteiger partial charge < -0.3 is 0 Å². The van der Waals surface area contributed by atoms with Crippen LogP contribution in [0, 0.1) is 6.92 Å². The molecule has 6 heteroatoms. The SMILES string of the molecule is Cc1cc(Br)c(C(=O)C(C)(C)S(C)(=O)=O)s1. The summed E-state index contributed by atoms with van der Waals surface area (Å²) in [5, 5.41) is 0. The van der Waals surface area contributed by atoms with Crippen LogP contribution in [0.15, 0.2) is 10.5 Å². The summed E-state index contributed by atoms with van der Waals surface area (Å²) in [5.41, 5.74) is 0. The van der Waals surface area contributed by atoms with Crippen molar-refractivity contribution in [1.29, 1.82) is 0 Å². The van der Waals surface area contributed by atoms with Crippen LogP contribution in [0.3, 0.4) is 0 Å². The first-order chi connectivity index (χ1) is 7.07. The van der Waals surface area contributed by atoms with E-state index in [1.807, 2.05) is 13.0 Å². The zero-order chi connectivity index (χ0) is 12.7. The first kappa shape index (κ1) is 13.9. The van der Waals surface area contributed by atoms with Crippen LogP contribution in [0.5, 0.6) is 0 Å². The molecule has 0 fully saturated rings. The topological polar surface area (TPSA) is 51.2 Å². The zero-order valence-electron chi connectivity index (χ0n) is 9.50. The average Bonchev–Trinajstić information content (AvgIpc) is 2.41. The molecule has 16 heavy (non-hydrogen) atoms. The van der Waals surface area contributed by atoms with Crippen molar-refractivity contribution in [3.63, 3.8) is 0 Å². The van der Waals surface area contributed by atoms with Crippen LogP contribution < -0.4 is 0 Å². The molecule has 0 aliphatic carbocycles. The van der Waals surface area contributed by atoms with Gasteiger partial charge in [-0.1, -0.05) is 0 Å². The molecule has 0 aromatic carbocycles. The van der Waals surface area contributed by atoms with E-state index in [-0.39, 0.29) is 5.78 Å². The molecule has 0 atom stereocenters. The lowest BCUT2D eigenvalue weighted by Crippen LogP contribution is -2.39. The fourth-order valence-corrected chi connectivity index (χ4v) is 3.50. The second-order valence-corrected chi connectivity index (χ2v) is 8.82. The number of hydrogen-bond acceptors (Lipinski definition) is 4. The molecule has 1 aromatic heterocycles. The second-order valence-electron chi connectivity index (χ2n) is 4.15. The Labute approximate surface area is 108 Å². The van der Waals surface area contributed by atoms with Crippen LogP contribution in [-0.4, -0.2) is 25.2 Å². The Morgan fingerprint density at radius 3 is 2.25 bits per heavy atom. The lowest BCUT2D eigenvalue weighted by Gasteiger charge is -2.20. The highest BCUT2D eigenvalue weighted by Crippen LogP contribution is 2.32. The standard InChI is InChI=1S/C10H13BrO3S2/c1-6-5-7(11)8(15-6)9(12)10(2,3)16(4,13)14/h5H,1-4H3. The molecule has 1 rings (SSSR count). The molecule has 90 valence electrons. The molecule has 0 saturated heterocycles. The lowest BCUT2D eigenvalue weighted by atomic mass is 10.1. The Hall–Kier alpha value is -0.200. The van der Waals surface area contributed by atoms with E-state index in [0.717, 1.165) is 11.1 Å². The Morgan fingerprint density at radius 1 is 1.44 bits per heavy atom. The minimum Gasteiger partial charge on any atom is -0.291 e. The van der Waals surface area contributed by atoms with Gasteiger partial charge >= 0.3 is 0 Å². The molecule has 0 spiro atoms. The predicted octanol–water partition coefficient (Wildman–Crippen LogP) is 2.82. The highest BCUT2D eigenvalue weighted by Gasteiger charge is 2.40. The van der Waals surface area contributed by atoms with E-state index < -0.39 is 14.6 Å². The largest absolute Gasteiger partial charge is 0.291 e. The number of ketones is 1. The third kappa shape index (κ3) is 2.38. The van der Waals surface area contributed by atoms with E-state index in [4.69, 9.17) is 0 Å². The van der Waals surface area contributed by atoms with Crippen LogP contribution in [0.4, 0.5) is 0 Å². The average molecular weight is 325 g/mol. The number of aryl methyl sites for hydroxylation is 1. The molecular weight excluding hydrogens is 312 g/mol. The van der Waals surface area contributed by atoms with Crippen molar-refractivity contribution in [3.05, 3.63) is 20.3 Å². The van der Waals surface area contributed by atoms with E-state index in [9.17, 15) is 13.2 Å². The van der Waals surface area contributed by atoms with Crippen LogP contribution in [0.2, 0.25) is 0 Å². The minimum absolute atomic E-state index is 0.361. The van der Waals surface area contributed by atoms with Crippen molar-refractivity contribution in [2.24, 2.45) is 0 Å². The van der Waals surface area contributed by atoms with E-state index in [1.165, 1.54) is 25.2 Å². The maximum atomic E-state index is 12.1. The smallest absolute Gasteiger partial charge is 0.194 e. The molecule has 0 radical (unpaired) electrons. The molecule has 0 amide bonds. The van der Waals surface area contributed by atoms with Crippen LogP contribution in [-0.2, 0) is 9.84 Å². The van der Waals surface area contributed by atoms with Gasteiger partial charge in [-0.3, -0.25) is 4.79 Å². The predicted molar refractivity (Wildman–Crippen MR) is 70.0 cm³/mol. The summed E-state index contributed by atoms with van der Waals surface area (Å²) in [6.07, 6.45) is 1.08. The molecule has 0 bridgehead atoms. The van der Waals surface area contributed by atoms with Gasteiger partial charge in [-0.05, 0) is 42.8 Å². The third-order valence-electron chi connectivity index (χ3n) is 2.49. The molecule has 3 nitrogen and oxygen atoms in total. The van der Waals surface area contributed by atoms with Gasteiger partial charge in [0.1, 0.15) is 4.75 Å². The number of rotatable bonds is 3. The Kier molecular flexibility index (Phi) is 3.67. The summed E-state index contributed by atoms with van der Waals surface area (Å²) in [4.78, 5) is 13.6.